The summed E-state index contributed by atoms with van der Waals surface area (Å²) in [6, 6.07) is 5.05. The first kappa shape index (κ1) is 23.8. The van der Waals surface area contributed by atoms with Crippen molar-refractivity contribution in [3.05, 3.63) is 46.9 Å². The van der Waals surface area contributed by atoms with E-state index in [-0.39, 0.29) is 23.4 Å². The molecule has 0 aliphatic carbocycles. The van der Waals surface area contributed by atoms with Gasteiger partial charge in [-0.25, -0.2) is 9.37 Å². The number of benzene rings is 1. The molecule has 0 fully saturated rings. The first-order valence-corrected chi connectivity index (χ1v) is 10.4. The Morgan fingerprint density at radius 3 is 2.56 bits per heavy atom. The molecular formula is C23H27F4N3O2. The van der Waals surface area contributed by atoms with Gasteiger partial charge in [-0.3, -0.25) is 4.79 Å². The summed E-state index contributed by atoms with van der Waals surface area (Å²) in [5.74, 6) is -0.954. The molecule has 1 aromatic heterocycles. The molecule has 0 bridgehead atoms. The first-order chi connectivity index (χ1) is 14.8. The van der Waals surface area contributed by atoms with E-state index in [0.717, 1.165) is 41.9 Å². The van der Waals surface area contributed by atoms with Crippen LogP contribution in [0.1, 0.15) is 50.4 Å². The summed E-state index contributed by atoms with van der Waals surface area (Å²) in [5, 5.41) is 2.88. The zero-order valence-corrected chi connectivity index (χ0v) is 18.6. The largest absolute Gasteiger partial charge is 0.573 e. The number of alkyl halides is 3. The second-order valence-corrected chi connectivity index (χ2v) is 9.23. The van der Waals surface area contributed by atoms with E-state index < -0.39 is 17.9 Å². The van der Waals surface area contributed by atoms with Crippen LogP contribution in [0.25, 0.3) is 0 Å². The highest BCUT2D eigenvalue weighted by molar-refractivity contribution is 5.91. The van der Waals surface area contributed by atoms with Gasteiger partial charge in [0, 0.05) is 31.1 Å². The Balaban J connectivity index is 1.78. The molecule has 3 rings (SSSR count). The number of pyridine rings is 1. The maximum absolute atomic E-state index is 14.4. The normalized spacial score (nSPS) is 14.2. The molecule has 0 atom stereocenters. The zero-order valence-electron chi connectivity index (χ0n) is 18.6. The van der Waals surface area contributed by atoms with Crippen LogP contribution in [0, 0.1) is 18.2 Å². The number of halogens is 4. The van der Waals surface area contributed by atoms with E-state index in [0.29, 0.717) is 18.8 Å². The fourth-order valence-electron chi connectivity index (χ4n) is 3.66. The van der Waals surface area contributed by atoms with Gasteiger partial charge < -0.3 is 15.0 Å². The van der Waals surface area contributed by atoms with Crippen molar-refractivity contribution in [2.75, 3.05) is 16.8 Å². The molecule has 1 aliphatic heterocycles. The highest BCUT2D eigenvalue weighted by Gasteiger charge is 2.31. The molecule has 0 saturated carbocycles. The van der Waals surface area contributed by atoms with Crippen LogP contribution in [0.15, 0.2) is 24.3 Å². The number of carbonyl (C=O) groups is 1. The molecule has 5 nitrogen and oxygen atoms in total. The number of carbonyl (C=O) groups excluding carboxylic acids is 1. The topological polar surface area (TPSA) is 54.5 Å². The molecular weight excluding hydrogens is 426 g/mol. The van der Waals surface area contributed by atoms with Crippen LogP contribution in [0.4, 0.5) is 29.1 Å². The van der Waals surface area contributed by atoms with Crippen LogP contribution in [-0.4, -0.2) is 23.8 Å². The van der Waals surface area contributed by atoms with Gasteiger partial charge in [-0.15, -0.1) is 13.2 Å². The molecule has 0 spiro atoms. The van der Waals surface area contributed by atoms with Crippen molar-refractivity contribution in [1.82, 2.24) is 4.98 Å². The van der Waals surface area contributed by atoms with E-state index in [9.17, 15) is 22.4 Å². The molecule has 1 amide bonds. The van der Waals surface area contributed by atoms with Crippen molar-refractivity contribution in [3.63, 3.8) is 0 Å². The second kappa shape index (κ2) is 8.96. The van der Waals surface area contributed by atoms with Gasteiger partial charge in [0.1, 0.15) is 17.4 Å². The number of ether oxygens (including phenoxy) is 1. The number of aryl methyl sites for hydroxylation is 2. The average Bonchev–Trinajstić information content (AvgIpc) is 2.62. The van der Waals surface area contributed by atoms with Crippen LogP contribution in [0.2, 0.25) is 0 Å². The molecule has 0 saturated heterocycles. The third kappa shape index (κ3) is 6.34. The molecule has 174 valence electrons. The molecule has 2 aromatic rings. The predicted molar refractivity (Wildman–Crippen MR) is 114 cm³/mol. The number of aromatic nitrogens is 1. The van der Waals surface area contributed by atoms with E-state index in [1.54, 1.807) is 0 Å². The summed E-state index contributed by atoms with van der Waals surface area (Å²) in [4.78, 5) is 18.9. The third-order valence-corrected chi connectivity index (χ3v) is 5.02. The Bertz CT molecular complexity index is 1000. The molecule has 2 heterocycles. The van der Waals surface area contributed by atoms with Gasteiger partial charge in [0.25, 0.3) is 0 Å². The van der Waals surface area contributed by atoms with E-state index in [1.807, 2.05) is 38.7 Å². The number of anilines is 2. The van der Waals surface area contributed by atoms with Gasteiger partial charge in [0.2, 0.25) is 5.91 Å². The van der Waals surface area contributed by atoms with E-state index in [2.05, 4.69) is 15.0 Å². The molecule has 32 heavy (non-hydrogen) atoms. The number of nitrogens with zero attached hydrogens (tertiary/aromatic N) is 2. The summed E-state index contributed by atoms with van der Waals surface area (Å²) in [6.07, 6.45) is -3.00. The van der Waals surface area contributed by atoms with Crippen LogP contribution in [-0.2, 0) is 17.8 Å². The predicted octanol–water partition coefficient (Wildman–Crippen LogP) is 5.76. The maximum atomic E-state index is 14.4. The highest BCUT2D eigenvalue weighted by Crippen LogP contribution is 2.32. The van der Waals surface area contributed by atoms with Crippen molar-refractivity contribution in [3.8, 4) is 5.75 Å². The Morgan fingerprint density at radius 1 is 1.22 bits per heavy atom. The van der Waals surface area contributed by atoms with Crippen LogP contribution >= 0.6 is 0 Å². The summed E-state index contributed by atoms with van der Waals surface area (Å²) in [6.45, 7) is 8.64. The minimum absolute atomic E-state index is 0.107. The number of fused-ring (bicyclic) bond motifs is 1. The van der Waals surface area contributed by atoms with Gasteiger partial charge in [-0.2, -0.15) is 0 Å². The lowest BCUT2D eigenvalue weighted by atomic mass is 9.92. The molecule has 0 radical (unpaired) electrons. The molecule has 1 aliphatic rings. The quantitative estimate of drug-likeness (QED) is 0.586. The standard InChI is InChI=1S/C23H27F4N3O2/c1-14-10-19-18(28-21(14)29-20(31)12-22(2,3)4)6-5-9-30(19)13-15-7-8-16(11-17(15)24)32-23(25,26)27/h7-8,10-11H,5-6,9,12-13H2,1-4H3,(H,28,29,31). The van der Waals surface area contributed by atoms with Crippen LogP contribution in [0.5, 0.6) is 5.75 Å². The van der Waals surface area contributed by atoms with Gasteiger partial charge in [0.15, 0.2) is 0 Å². The van der Waals surface area contributed by atoms with Gasteiger partial charge in [-0.1, -0.05) is 26.8 Å². The van der Waals surface area contributed by atoms with Crippen molar-refractivity contribution in [1.29, 1.82) is 0 Å². The zero-order chi connectivity index (χ0) is 23.7. The number of hydrogen-bond donors (Lipinski definition) is 1. The average molecular weight is 453 g/mol. The van der Waals surface area contributed by atoms with Crippen molar-refractivity contribution in [2.24, 2.45) is 5.41 Å². The Hall–Kier alpha value is -2.84. The smallest absolute Gasteiger partial charge is 0.406 e. The summed E-state index contributed by atoms with van der Waals surface area (Å²) >= 11 is 0. The van der Waals surface area contributed by atoms with Gasteiger partial charge in [-0.05, 0) is 42.9 Å². The second-order valence-electron chi connectivity index (χ2n) is 9.23. The Morgan fingerprint density at radius 2 is 1.94 bits per heavy atom. The summed E-state index contributed by atoms with van der Waals surface area (Å²) in [7, 11) is 0. The fraction of sp³-hybridized carbons (Fsp3) is 0.478. The number of hydrogen-bond acceptors (Lipinski definition) is 4. The van der Waals surface area contributed by atoms with E-state index in [4.69, 9.17) is 0 Å². The lowest BCUT2D eigenvalue weighted by Gasteiger charge is -2.32. The lowest BCUT2D eigenvalue weighted by Crippen LogP contribution is -2.30. The minimum Gasteiger partial charge on any atom is -0.406 e. The van der Waals surface area contributed by atoms with Crippen molar-refractivity contribution in [2.45, 2.75) is 59.9 Å². The number of rotatable bonds is 5. The van der Waals surface area contributed by atoms with Crippen LogP contribution in [0.3, 0.4) is 0 Å². The lowest BCUT2D eigenvalue weighted by molar-refractivity contribution is -0.274. The SMILES string of the molecule is Cc1cc2c(nc1NC(=O)CC(C)(C)C)CCCN2Cc1ccc(OC(F)(F)F)cc1F. The van der Waals surface area contributed by atoms with E-state index in [1.165, 1.54) is 6.07 Å². The van der Waals surface area contributed by atoms with Crippen molar-refractivity contribution < 1.29 is 27.1 Å². The molecule has 9 heteroatoms. The Kier molecular flexibility index (Phi) is 6.67. The molecule has 1 aromatic carbocycles. The molecule has 0 unspecified atom stereocenters. The van der Waals surface area contributed by atoms with Crippen molar-refractivity contribution >= 4 is 17.4 Å². The number of nitrogens with one attached hydrogen (secondary N) is 1. The Labute approximate surface area is 184 Å². The first-order valence-electron chi connectivity index (χ1n) is 10.4. The fourth-order valence-corrected chi connectivity index (χ4v) is 3.66. The maximum Gasteiger partial charge on any atom is 0.573 e. The minimum atomic E-state index is -4.87. The van der Waals surface area contributed by atoms with Gasteiger partial charge in [0.05, 0.1) is 11.4 Å². The third-order valence-electron chi connectivity index (χ3n) is 5.02. The highest BCUT2D eigenvalue weighted by atomic mass is 19.4. The van der Waals surface area contributed by atoms with Gasteiger partial charge >= 0.3 is 6.36 Å². The van der Waals surface area contributed by atoms with Crippen LogP contribution < -0.4 is 15.0 Å². The summed E-state index contributed by atoms with van der Waals surface area (Å²) in [5.41, 5.74) is 2.52. The summed E-state index contributed by atoms with van der Waals surface area (Å²) < 4.78 is 55.3. The van der Waals surface area contributed by atoms with E-state index >= 15 is 0 Å². The molecule has 1 N–H and O–H groups in total. The monoisotopic (exact) mass is 453 g/mol. The number of amides is 1.